The average molecular weight is 347 g/mol. The van der Waals surface area contributed by atoms with Crippen LogP contribution in [-0.4, -0.2) is 17.1 Å². The molecule has 0 fully saturated rings. The van der Waals surface area contributed by atoms with Crippen LogP contribution in [0.2, 0.25) is 0 Å². The standard InChI is InChI=1S/C16H15BrN2O2/c17-10-15(20)19-14-8-4-7-13(9-14)16(21)18-11-12-5-2-1-3-6-12/h1-9H,10-11H2,(H,18,21)(H,19,20). The molecule has 0 aliphatic heterocycles. The molecular weight excluding hydrogens is 332 g/mol. The molecule has 0 aliphatic carbocycles. The second-order valence-electron chi connectivity index (χ2n) is 4.43. The number of nitrogens with one attached hydrogen (secondary N) is 2. The van der Waals surface area contributed by atoms with E-state index in [0.29, 0.717) is 17.8 Å². The van der Waals surface area contributed by atoms with Crippen molar-refractivity contribution in [1.29, 1.82) is 0 Å². The van der Waals surface area contributed by atoms with Gasteiger partial charge in [-0.1, -0.05) is 52.3 Å². The van der Waals surface area contributed by atoms with Crippen molar-refractivity contribution in [3.63, 3.8) is 0 Å². The van der Waals surface area contributed by atoms with Crippen LogP contribution in [0.5, 0.6) is 0 Å². The second kappa shape index (κ2) is 7.59. The molecule has 108 valence electrons. The van der Waals surface area contributed by atoms with Gasteiger partial charge in [0, 0.05) is 17.8 Å². The Morgan fingerprint density at radius 2 is 1.76 bits per heavy atom. The summed E-state index contributed by atoms with van der Waals surface area (Å²) in [4.78, 5) is 23.4. The van der Waals surface area contributed by atoms with Crippen LogP contribution in [0.3, 0.4) is 0 Å². The van der Waals surface area contributed by atoms with Crippen molar-refractivity contribution >= 4 is 33.4 Å². The molecular formula is C16H15BrN2O2. The van der Waals surface area contributed by atoms with Crippen LogP contribution in [0.1, 0.15) is 15.9 Å². The van der Waals surface area contributed by atoms with E-state index in [0.717, 1.165) is 5.56 Å². The maximum absolute atomic E-state index is 12.1. The Labute approximate surface area is 131 Å². The van der Waals surface area contributed by atoms with Gasteiger partial charge in [0.1, 0.15) is 0 Å². The maximum Gasteiger partial charge on any atom is 0.251 e. The first-order valence-corrected chi connectivity index (χ1v) is 7.59. The Balaban J connectivity index is 1.99. The van der Waals surface area contributed by atoms with E-state index in [1.807, 2.05) is 30.3 Å². The van der Waals surface area contributed by atoms with E-state index < -0.39 is 0 Å². The van der Waals surface area contributed by atoms with Gasteiger partial charge in [-0.2, -0.15) is 0 Å². The highest BCUT2D eigenvalue weighted by Gasteiger charge is 2.07. The highest BCUT2D eigenvalue weighted by atomic mass is 79.9. The van der Waals surface area contributed by atoms with E-state index in [1.165, 1.54) is 0 Å². The topological polar surface area (TPSA) is 58.2 Å². The van der Waals surface area contributed by atoms with E-state index in [-0.39, 0.29) is 17.1 Å². The molecule has 0 heterocycles. The first kappa shape index (κ1) is 15.3. The van der Waals surface area contributed by atoms with Gasteiger partial charge in [-0.05, 0) is 23.8 Å². The first-order chi connectivity index (χ1) is 10.2. The minimum absolute atomic E-state index is 0.156. The van der Waals surface area contributed by atoms with E-state index in [9.17, 15) is 9.59 Å². The van der Waals surface area contributed by atoms with Crippen LogP contribution in [0, 0.1) is 0 Å². The number of rotatable bonds is 5. The van der Waals surface area contributed by atoms with E-state index in [4.69, 9.17) is 0 Å². The fraction of sp³-hybridized carbons (Fsp3) is 0.125. The zero-order valence-corrected chi connectivity index (χ0v) is 12.9. The third-order valence-electron chi connectivity index (χ3n) is 2.83. The number of amides is 2. The number of anilines is 1. The number of carbonyl (C=O) groups excluding carboxylic acids is 2. The second-order valence-corrected chi connectivity index (χ2v) is 4.99. The minimum atomic E-state index is -0.172. The zero-order valence-electron chi connectivity index (χ0n) is 11.3. The maximum atomic E-state index is 12.1. The van der Waals surface area contributed by atoms with Crippen molar-refractivity contribution in [3.8, 4) is 0 Å². The Bertz CT molecular complexity index is 629. The lowest BCUT2D eigenvalue weighted by molar-refractivity contribution is -0.113. The number of hydrogen-bond donors (Lipinski definition) is 2. The summed E-state index contributed by atoms with van der Waals surface area (Å²) in [5.41, 5.74) is 2.15. The van der Waals surface area contributed by atoms with Gasteiger partial charge in [0.15, 0.2) is 0 Å². The van der Waals surface area contributed by atoms with Crippen LogP contribution in [0.15, 0.2) is 54.6 Å². The van der Waals surface area contributed by atoms with E-state index in [1.54, 1.807) is 24.3 Å². The van der Waals surface area contributed by atoms with Gasteiger partial charge in [0.25, 0.3) is 5.91 Å². The number of hydrogen-bond acceptors (Lipinski definition) is 2. The molecule has 0 saturated heterocycles. The number of alkyl halides is 1. The molecule has 0 radical (unpaired) electrons. The fourth-order valence-corrected chi connectivity index (χ4v) is 1.95. The van der Waals surface area contributed by atoms with Gasteiger partial charge < -0.3 is 10.6 Å². The minimum Gasteiger partial charge on any atom is -0.348 e. The van der Waals surface area contributed by atoms with Crippen molar-refractivity contribution in [3.05, 3.63) is 65.7 Å². The summed E-state index contributed by atoms with van der Waals surface area (Å²) < 4.78 is 0. The van der Waals surface area contributed by atoms with Gasteiger partial charge in [-0.15, -0.1) is 0 Å². The van der Waals surface area contributed by atoms with Crippen LogP contribution in [0.4, 0.5) is 5.69 Å². The highest BCUT2D eigenvalue weighted by Crippen LogP contribution is 2.11. The Hall–Kier alpha value is -2.14. The molecule has 21 heavy (non-hydrogen) atoms. The van der Waals surface area contributed by atoms with Gasteiger partial charge in [0.2, 0.25) is 5.91 Å². The van der Waals surface area contributed by atoms with Gasteiger partial charge in [-0.25, -0.2) is 0 Å². The van der Waals surface area contributed by atoms with Crippen LogP contribution >= 0.6 is 15.9 Å². The highest BCUT2D eigenvalue weighted by molar-refractivity contribution is 9.09. The van der Waals surface area contributed by atoms with Crippen molar-refractivity contribution in [2.24, 2.45) is 0 Å². The normalized spacial score (nSPS) is 9.95. The van der Waals surface area contributed by atoms with E-state index >= 15 is 0 Å². The molecule has 0 saturated carbocycles. The number of carbonyl (C=O) groups is 2. The molecule has 0 atom stereocenters. The summed E-state index contributed by atoms with van der Waals surface area (Å²) >= 11 is 3.08. The van der Waals surface area contributed by atoms with Gasteiger partial charge >= 0.3 is 0 Å². The summed E-state index contributed by atoms with van der Waals surface area (Å²) in [6.07, 6.45) is 0. The molecule has 2 N–H and O–H groups in total. The van der Waals surface area contributed by atoms with Crippen molar-refractivity contribution in [2.75, 3.05) is 10.6 Å². The van der Waals surface area contributed by atoms with E-state index in [2.05, 4.69) is 26.6 Å². The Morgan fingerprint density at radius 1 is 1.00 bits per heavy atom. The zero-order chi connectivity index (χ0) is 15.1. The molecule has 5 heteroatoms. The van der Waals surface area contributed by atoms with Crippen molar-refractivity contribution in [1.82, 2.24) is 5.32 Å². The predicted molar refractivity (Wildman–Crippen MR) is 86.5 cm³/mol. The van der Waals surface area contributed by atoms with Crippen molar-refractivity contribution < 1.29 is 9.59 Å². The molecule has 0 bridgehead atoms. The summed E-state index contributed by atoms with van der Waals surface area (Å²) in [5.74, 6) is -0.328. The third-order valence-corrected chi connectivity index (χ3v) is 3.34. The quantitative estimate of drug-likeness (QED) is 0.817. The largest absolute Gasteiger partial charge is 0.348 e. The Morgan fingerprint density at radius 3 is 2.48 bits per heavy atom. The first-order valence-electron chi connectivity index (χ1n) is 6.47. The molecule has 0 spiro atoms. The molecule has 0 aromatic heterocycles. The predicted octanol–water partition coefficient (Wildman–Crippen LogP) is 2.95. The molecule has 2 aromatic rings. The summed E-state index contributed by atoms with van der Waals surface area (Å²) in [6.45, 7) is 0.470. The lowest BCUT2D eigenvalue weighted by Gasteiger charge is -2.08. The van der Waals surface area contributed by atoms with Crippen LogP contribution < -0.4 is 10.6 Å². The number of halogens is 1. The average Bonchev–Trinajstić information content (AvgIpc) is 2.53. The third kappa shape index (κ3) is 4.72. The molecule has 0 aliphatic rings. The van der Waals surface area contributed by atoms with Gasteiger partial charge in [0.05, 0.1) is 5.33 Å². The summed E-state index contributed by atoms with van der Waals surface area (Å²) in [6, 6.07) is 16.5. The Kier molecular flexibility index (Phi) is 5.51. The lowest BCUT2D eigenvalue weighted by atomic mass is 10.1. The molecule has 4 nitrogen and oxygen atoms in total. The summed E-state index contributed by atoms with van der Waals surface area (Å²) in [5, 5.41) is 5.76. The molecule has 2 amide bonds. The van der Waals surface area contributed by atoms with Crippen LogP contribution in [-0.2, 0) is 11.3 Å². The molecule has 2 aromatic carbocycles. The fourth-order valence-electron chi connectivity index (χ4n) is 1.81. The van der Waals surface area contributed by atoms with Gasteiger partial charge in [-0.3, -0.25) is 9.59 Å². The summed E-state index contributed by atoms with van der Waals surface area (Å²) in [7, 11) is 0. The monoisotopic (exact) mass is 346 g/mol. The number of benzene rings is 2. The molecule has 2 rings (SSSR count). The smallest absolute Gasteiger partial charge is 0.251 e. The lowest BCUT2D eigenvalue weighted by Crippen LogP contribution is -2.23. The van der Waals surface area contributed by atoms with Crippen molar-refractivity contribution in [2.45, 2.75) is 6.54 Å². The van der Waals surface area contributed by atoms with Crippen LogP contribution in [0.25, 0.3) is 0 Å². The molecule has 0 unspecified atom stereocenters. The SMILES string of the molecule is O=C(CBr)Nc1cccc(C(=O)NCc2ccccc2)c1.